The van der Waals surface area contributed by atoms with E-state index in [1.165, 1.54) is 26.8 Å². The van der Waals surface area contributed by atoms with E-state index in [1.54, 1.807) is 0 Å². The minimum atomic E-state index is 0.0862. The molecule has 0 aliphatic carbocycles. The fourth-order valence-electron chi connectivity index (χ4n) is 2.47. The zero-order valence-corrected chi connectivity index (χ0v) is 12.9. The zero-order chi connectivity index (χ0) is 14.7. The van der Waals surface area contributed by atoms with Crippen molar-refractivity contribution in [1.29, 1.82) is 0 Å². The Morgan fingerprint density at radius 1 is 0.952 bits per heavy atom. The normalized spacial score (nSPS) is 12.5. The largest absolute Gasteiger partial charge is 0.324 e. The van der Waals surface area contributed by atoms with Crippen LogP contribution in [0.5, 0.6) is 0 Å². The Morgan fingerprint density at radius 3 is 2.57 bits per heavy atom. The van der Waals surface area contributed by atoms with E-state index in [1.807, 2.05) is 18.7 Å². The molecule has 3 rings (SSSR count). The average molecular weight is 293 g/mol. The van der Waals surface area contributed by atoms with Crippen molar-refractivity contribution in [2.45, 2.75) is 23.6 Å². The van der Waals surface area contributed by atoms with Crippen LogP contribution < -0.4 is 5.73 Å². The topological polar surface area (TPSA) is 26.0 Å². The summed E-state index contributed by atoms with van der Waals surface area (Å²) >= 11 is 1.86. The van der Waals surface area contributed by atoms with Crippen LogP contribution in [0.25, 0.3) is 10.8 Å². The van der Waals surface area contributed by atoms with E-state index >= 15 is 0 Å². The van der Waals surface area contributed by atoms with Gasteiger partial charge in [-0.25, -0.2) is 0 Å². The van der Waals surface area contributed by atoms with Crippen LogP contribution in [0.1, 0.15) is 24.1 Å². The van der Waals surface area contributed by atoms with Crippen LogP contribution in [0.3, 0.4) is 0 Å². The summed E-state index contributed by atoms with van der Waals surface area (Å²) in [5, 5.41) is 2.65. The van der Waals surface area contributed by atoms with Gasteiger partial charge in [0.15, 0.2) is 0 Å². The van der Waals surface area contributed by atoms with E-state index in [4.69, 9.17) is 5.73 Å². The van der Waals surface area contributed by atoms with Crippen molar-refractivity contribution >= 4 is 22.5 Å². The summed E-state index contributed by atoms with van der Waals surface area (Å²) in [4.78, 5) is 1.28. The molecular formula is C19H19NS. The summed E-state index contributed by atoms with van der Waals surface area (Å²) in [7, 11) is 0. The Bertz CT molecular complexity index is 744. The monoisotopic (exact) mass is 293 g/mol. The first-order valence-corrected chi connectivity index (χ1v) is 8.17. The molecule has 2 heteroatoms. The van der Waals surface area contributed by atoms with Gasteiger partial charge in [-0.3, -0.25) is 0 Å². The molecular weight excluding hydrogens is 274 g/mol. The molecule has 0 radical (unpaired) electrons. The van der Waals surface area contributed by atoms with Crippen molar-refractivity contribution in [3.05, 3.63) is 77.9 Å². The highest BCUT2D eigenvalue weighted by molar-refractivity contribution is 7.98. The summed E-state index contributed by atoms with van der Waals surface area (Å²) in [6.07, 6.45) is 0. The van der Waals surface area contributed by atoms with Crippen LogP contribution in [0.15, 0.2) is 71.6 Å². The third-order valence-electron chi connectivity index (χ3n) is 3.66. The number of thioether (sulfide) groups is 1. The van der Waals surface area contributed by atoms with Gasteiger partial charge >= 0.3 is 0 Å². The molecule has 2 N–H and O–H groups in total. The molecule has 1 atom stereocenters. The number of rotatable bonds is 4. The highest BCUT2D eigenvalue weighted by Gasteiger charge is 2.04. The lowest BCUT2D eigenvalue weighted by Crippen LogP contribution is -2.04. The molecule has 106 valence electrons. The lowest BCUT2D eigenvalue weighted by molar-refractivity contribution is 0.815. The molecule has 21 heavy (non-hydrogen) atoms. The van der Waals surface area contributed by atoms with Gasteiger partial charge in [0.25, 0.3) is 0 Å². The Kier molecular flexibility index (Phi) is 4.28. The predicted octanol–water partition coefficient (Wildman–Crippen LogP) is 5.15. The number of nitrogens with two attached hydrogens (primary N) is 1. The van der Waals surface area contributed by atoms with Crippen LogP contribution in [0, 0.1) is 0 Å². The Hall–Kier alpha value is -1.77. The summed E-state index contributed by atoms with van der Waals surface area (Å²) < 4.78 is 0. The second-order valence-electron chi connectivity index (χ2n) is 5.29. The number of hydrogen-bond acceptors (Lipinski definition) is 2. The minimum absolute atomic E-state index is 0.0862. The molecule has 3 aromatic rings. The van der Waals surface area contributed by atoms with Crippen molar-refractivity contribution in [2.75, 3.05) is 0 Å². The second-order valence-corrected chi connectivity index (χ2v) is 6.34. The maximum atomic E-state index is 5.96. The van der Waals surface area contributed by atoms with Gasteiger partial charge in [-0.05, 0) is 41.0 Å². The van der Waals surface area contributed by atoms with Crippen molar-refractivity contribution in [3.63, 3.8) is 0 Å². The molecule has 0 amide bonds. The molecule has 0 fully saturated rings. The van der Waals surface area contributed by atoms with Gasteiger partial charge in [-0.2, -0.15) is 0 Å². The van der Waals surface area contributed by atoms with E-state index in [0.29, 0.717) is 0 Å². The standard InChI is InChI=1S/C19H19NS/c1-14(20)16-8-5-10-18(12-16)21-13-17-9-4-7-15-6-2-3-11-19(15)17/h2-12,14H,13,20H2,1H3. The minimum Gasteiger partial charge on any atom is -0.324 e. The molecule has 0 heterocycles. The van der Waals surface area contributed by atoms with Crippen LogP contribution >= 0.6 is 11.8 Å². The lowest BCUT2D eigenvalue weighted by atomic mass is 10.1. The lowest BCUT2D eigenvalue weighted by Gasteiger charge is -2.09. The Morgan fingerprint density at radius 2 is 1.71 bits per heavy atom. The van der Waals surface area contributed by atoms with Gasteiger partial charge < -0.3 is 5.73 Å². The molecule has 0 saturated heterocycles. The van der Waals surface area contributed by atoms with Gasteiger partial charge in [0, 0.05) is 16.7 Å². The maximum absolute atomic E-state index is 5.96. The van der Waals surface area contributed by atoms with E-state index in [2.05, 4.69) is 66.7 Å². The van der Waals surface area contributed by atoms with Crippen molar-refractivity contribution < 1.29 is 0 Å². The third kappa shape index (κ3) is 3.29. The van der Waals surface area contributed by atoms with Crippen LogP contribution in [0.4, 0.5) is 0 Å². The fraction of sp³-hybridized carbons (Fsp3) is 0.158. The molecule has 1 nitrogen and oxygen atoms in total. The zero-order valence-electron chi connectivity index (χ0n) is 12.1. The summed E-state index contributed by atoms with van der Waals surface area (Å²) in [5.41, 5.74) is 8.53. The van der Waals surface area contributed by atoms with Crippen molar-refractivity contribution in [1.82, 2.24) is 0 Å². The van der Waals surface area contributed by atoms with E-state index < -0.39 is 0 Å². The summed E-state index contributed by atoms with van der Waals surface area (Å²) in [6.45, 7) is 2.02. The molecule has 3 aromatic carbocycles. The maximum Gasteiger partial charge on any atom is 0.0266 e. The first-order chi connectivity index (χ1) is 10.2. The first kappa shape index (κ1) is 14.2. The van der Waals surface area contributed by atoms with E-state index in [9.17, 15) is 0 Å². The third-order valence-corrected chi connectivity index (χ3v) is 4.70. The second kappa shape index (κ2) is 6.33. The Balaban J connectivity index is 1.82. The van der Waals surface area contributed by atoms with Crippen molar-refractivity contribution in [2.24, 2.45) is 5.73 Å². The SMILES string of the molecule is CC(N)c1cccc(SCc2cccc3ccccc23)c1. The van der Waals surface area contributed by atoms with Gasteiger partial charge in [0.1, 0.15) is 0 Å². The highest BCUT2D eigenvalue weighted by Crippen LogP contribution is 2.28. The number of fused-ring (bicyclic) bond motifs is 1. The van der Waals surface area contributed by atoms with Crippen LogP contribution in [-0.4, -0.2) is 0 Å². The Labute approximate surface area is 130 Å². The molecule has 0 aliphatic heterocycles. The summed E-state index contributed by atoms with van der Waals surface area (Å²) in [6, 6.07) is 23.7. The van der Waals surface area contributed by atoms with Crippen LogP contribution in [-0.2, 0) is 5.75 Å². The molecule has 0 aliphatic rings. The highest BCUT2D eigenvalue weighted by atomic mass is 32.2. The fourth-order valence-corrected chi connectivity index (χ4v) is 3.44. The smallest absolute Gasteiger partial charge is 0.0266 e. The molecule has 0 bridgehead atoms. The molecule has 0 aromatic heterocycles. The molecule has 0 spiro atoms. The van der Waals surface area contributed by atoms with Gasteiger partial charge in [-0.15, -0.1) is 11.8 Å². The average Bonchev–Trinajstić information content (AvgIpc) is 2.53. The van der Waals surface area contributed by atoms with Crippen LogP contribution in [0.2, 0.25) is 0 Å². The van der Waals surface area contributed by atoms with Crippen molar-refractivity contribution in [3.8, 4) is 0 Å². The molecule has 1 unspecified atom stereocenters. The summed E-state index contributed by atoms with van der Waals surface area (Å²) in [5.74, 6) is 0.976. The first-order valence-electron chi connectivity index (χ1n) is 7.19. The van der Waals surface area contributed by atoms with Gasteiger partial charge in [0.2, 0.25) is 0 Å². The van der Waals surface area contributed by atoms with Gasteiger partial charge in [-0.1, -0.05) is 54.6 Å². The number of hydrogen-bond donors (Lipinski definition) is 1. The molecule has 0 saturated carbocycles. The number of benzene rings is 3. The predicted molar refractivity (Wildman–Crippen MR) is 92.6 cm³/mol. The quantitative estimate of drug-likeness (QED) is 0.673. The van der Waals surface area contributed by atoms with E-state index in [0.717, 1.165) is 5.75 Å². The van der Waals surface area contributed by atoms with Gasteiger partial charge in [0.05, 0.1) is 0 Å². The van der Waals surface area contributed by atoms with E-state index in [-0.39, 0.29) is 6.04 Å².